The van der Waals surface area contributed by atoms with E-state index in [1.54, 1.807) is 0 Å². The fraction of sp³-hybridized carbons (Fsp3) is 0.333. The van der Waals surface area contributed by atoms with Crippen molar-refractivity contribution in [1.29, 1.82) is 0 Å². The molecule has 0 bridgehead atoms. The van der Waals surface area contributed by atoms with Crippen LogP contribution >= 0.6 is 0 Å². The Hall–Kier alpha value is -1.68. The Morgan fingerprint density at radius 1 is 1.00 bits per heavy atom. The van der Waals surface area contributed by atoms with Gasteiger partial charge in [-0.1, -0.05) is 60.7 Å². The minimum Gasteiger partial charge on any atom is -0.395 e. The first-order valence-corrected chi connectivity index (χ1v) is 7.51. The molecule has 1 aliphatic heterocycles. The summed E-state index contributed by atoms with van der Waals surface area (Å²) >= 11 is 0. The van der Waals surface area contributed by atoms with Crippen molar-refractivity contribution in [2.75, 3.05) is 13.2 Å². The molecule has 110 valence electrons. The summed E-state index contributed by atoms with van der Waals surface area (Å²) in [6.45, 7) is 0.976. The number of nitrogens with zero attached hydrogens (tertiary/aromatic N) is 1. The average Bonchev–Trinajstić information content (AvgIpc) is 2.90. The predicted octanol–water partition coefficient (Wildman–Crippen LogP) is 2.17. The van der Waals surface area contributed by atoms with E-state index in [-0.39, 0.29) is 24.7 Å². The van der Waals surface area contributed by atoms with Gasteiger partial charge in [-0.25, -0.2) is 0 Å². The first-order valence-electron chi connectivity index (χ1n) is 7.51. The van der Waals surface area contributed by atoms with E-state index in [0.717, 1.165) is 13.0 Å². The molecule has 2 aromatic carbocycles. The highest BCUT2D eigenvalue weighted by Gasteiger charge is 2.35. The predicted molar refractivity (Wildman–Crippen MR) is 84.9 cm³/mol. The molecule has 0 aromatic heterocycles. The zero-order valence-corrected chi connectivity index (χ0v) is 12.1. The molecule has 0 aliphatic carbocycles. The highest BCUT2D eigenvalue weighted by Crippen LogP contribution is 2.34. The summed E-state index contributed by atoms with van der Waals surface area (Å²) in [5, 5.41) is 9.70. The topological polar surface area (TPSA) is 49.5 Å². The summed E-state index contributed by atoms with van der Waals surface area (Å²) in [4.78, 5) is 2.34. The van der Waals surface area contributed by atoms with E-state index in [9.17, 15) is 5.11 Å². The number of likely N-dealkylation sites (tertiary alicyclic amines) is 1. The lowest BCUT2D eigenvalue weighted by molar-refractivity contribution is 0.134. The van der Waals surface area contributed by atoms with Crippen LogP contribution in [0.5, 0.6) is 0 Å². The number of aliphatic hydroxyl groups excluding tert-OH is 1. The van der Waals surface area contributed by atoms with Gasteiger partial charge < -0.3 is 10.8 Å². The molecule has 0 amide bonds. The Morgan fingerprint density at radius 3 is 2.00 bits per heavy atom. The van der Waals surface area contributed by atoms with Crippen LogP contribution in [0.25, 0.3) is 0 Å². The van der Waals surface area contributed by atoms with Crippen LogP contribution in [0.15, 0.2) is 60.7 Å². The molecule has 1 heterocycles. The van der Waals surface area contributed by atoms with Gasteiger partial charge in [0.1, 0.15) is 0 Å². The molecule has 3 heteroatoms. The van der Waals surface area contributed by atoms with Gasteiger partial charge in [-0.2, -0.15) is 0 Å². The van der Waals surface area contributed by atoms with E-state index >= 15 is 0 Å². The quantitative estimate of drug-likeness (QED) is 0.903. The van der Waals surface area contributed by atoms with Crippen LogP contribution in [-0.2, 0) is 0 Å². The van der Waals surface area contributed by atoms with E-state index in [1.165, 1.54) is 11.1 Å². The molecule has 0 radical (unpaired) electrons. The molecule has 21 heavy (non-hydrogen) atoms. The molecule has 1 saturated heterocycles. The van der Waals surface area contributed by atoms with Crippen molar-refractivity contribution in [3.63, 3.8) is 0 Å². The van der Waals surface area contributed by atoms with Gasteiger partial charge in [0.25, 0.3) is 0 Å². The number of nitrogens with two attached hydrogens (primary N) is 1. The first kappa shape index (κ1) is 14.3. The van der Waals surface area contributed by atoms with Crippen molar-refractivity contribution in [2.45, 2.75) is 24.5 Å². The third-order valence-corrected chi connectivity index (χ3v) is 4.26. The maximum atomic E-state index is 9.70. The maximum absolute atomic E-state index is 9.70. The molecule has 1 aliphatic rings. The molecular weight excluding hydrogens is 260 g/mol. The molecule has 3 rings (SSSR count). The van der Waals surface area contributed by atoms with Gasteiger partial charge in [0.15, 0.2) is 0 Å². The number of rotatable bonds is 4. The molecule has 3 nitrogen and oxygen atoms in total. The number of aliphatic hydroxyl groups is 1. The summed E-state index contributed by atoms with van der Waals surface area (Å²) in [7, 11) is 0. The summed E-state index contributed by atoms with van der Waals surface area (Å²) in [6, 6.07) is 21.3. The number of benzene rings is 2. The fourth-order valence-electron chi connectivity index (χ4n) is 3.32. The standard InChI is InChI=1S/C18H22N2O/c19-16-11-17(13-21)20(12-16)18(14-7-3-1-4-8-14)15-9-5-2-6-10-15/h1-10,16-18,21H,11-13,19H2/t16-,17-/m0/s1. The van der Waals surface area contributed by atoms with Crippen molar-refractivity contribution in [2.24, 2.45) is 5.73 Å². The van der Waals surface area contributed by atoms with Crippen LogP contribution in [0.1, 0.15) is 23.6 Å². The van der Waals surface area contributed by atoms with E-state index in [2.05, 4.69) is 53.4 Å². The first-order chi connectivity index (χ1) is 10.3. The molecule has 2 aromatic rings. The van der Waals surface area contributed by atoms with Gasteiger partial charge >= 0.3 is 0 Å². The summed E-state index contributed by atoms with van der Waals surface area (Å²) in [5.74, 6) is 0. The van der Waals surface area contributed by atoms with Crippen molar-refractivity contribution in [1.82, 2.24) is 4.90 Å². The fourth-order valence-corrected chi connectivity index (χ4v) is 3.32. The molecule has 1 fully saturated rings. The molecule has 2 atom stereocenters. The Morgan fingerprint density at radius 2 is 1.52 bits per heavy atom. The summed E-state index contributed by atoms with van der Waals surface area (Å²) in [5.41, 5.74) is 8.63. The summed E-state index contributed by atoms with van der Waals surface area (Å²) in [6.07, 6.45) is 0.854. The Balaban J connectivity index is 2.01. The average molecular weight is 282 g/mol. The van der Waals surface area contributed by atoms with E-state index < -0.39 is 0 Å². The number of hydrogen-bond donors (Lipinski definition) is 2. The van der Waals surface area contributed by atoms with Crippen molar-refractivity contribution in [3.05, 3.63) is 71.8 Å². The highest BCUT2D eigenvalue weighted by atomic mass is 16.3. The Labute approximate surface area is 126 Å². The van der Waals surface area contributed by atoms with Crippen molar-refractivity contribution in [3.8, 4) is 0 Å². The van der Waals surface area contributed by atoms with E-state index in [4.69, 9.17) is 5.73 Å². The van der Waals surface area contributed by atoms with Crippen molar-refractivity contribution >= 4 is 0 Å². The van der Waals surface area contributed by atoms with Crippen molar-refractivity contribution < 1.29 is 5.11 Å². The van der Waals surface area contributed by atoms with Crippen LogP contribution in [0, 0.1) is 0 Å². The van der Waals surface area contributed by atoms with Gasteiger partial charge in [-0.15, -0.1) is 0 Å². The molecule has 0 unspecified atom stereocenters. The van der Waals surface area contributed by atoms with Crippen LogP contribution in [0.4, 0.5) is 0 Å². The zero-order chi connectivity index (χ0) is 14.7. The third kappa shape index (κ3) is 3.00. The van der Waals surface area contributed by atoms with E-state index in [0.29, 0.717) is 0 Å². The smallest absolute Gasteiger partial charge is 0.0605 e. The lowest BCUT2D eigenvalue weighted by Gasteiger charge is -2.33. The van der Waals surface area contributed by atoms with Gasteiger partial charge in [-0.05, 0) is 17.5 Å². The lowest BCUT2D eigenvalue weighted by atomic mass is 9.96. The second-order valence-electron chi connectivity index (χ2n) is 5.75. The van der Waals surface area contributed by atoms with Crippen LogP contribution < -0.4 is 5.73 Å². The molecular formula is C18H22N2O. The minimum atomic E-state index is 0.130. The maximum Gasteiger partial charge on any atom is 0.0605 e. The van der Waals surface area contributed by atoms with Crippen LogP contribution in [0.2, 0.25) is 0 Å². The Bertz CT molecular complexity index is 518. The molecule has 3 N–H and O–H groups in total. The largest absolute Gasteiger partial charge is 0.395 e. The molecule has 0 spiro atoms. The Kier molecular flexibility index (Phi) is 4.34. The second-order valence-corrected chi connectivity index (χ2v) is 5.75. The monoisotopic (exact) mass is 282 g/mol. The third-order valence-electron chi connectivity index (χ3n) is 4.26. The van der Waals surface area contributed by atoms with Crippen LogP contribution in [-0.4, -0.2) is 35.2 Å². The normalized spacial score (nSPS) is 22.8. The van der Waals surface area contributed by atoms with Gasteiger partial charge in [0, 0.05) is 18.6 Å². The van der Waals surface area contributed by atoms with Crippen LogP contribution in [0.3, 0.4) is 0 Å². The van der Waals surface area contributed by atoms with Gasteiger partial charge in [0.2, 0.25) is 0 Å². The lowest BCUT2D eigenvalue weighted by Crippen LogP contribution is -2.37. The van der Waals surface area contributed by atoms with E-state index in [1.807, 2.05) is 12.1 Å². The SMILES string of the molecule is N[C@H]1C[C@@H](CO)N(C(c2ccccc2)c2ccccc2)C1. The minimum absolute atomic E-state index is 0.130. The number of hydrogen-bond acceptors (Lipinski definition) is 3. The summed E-state index contributed by atoms with van der Waals surface area (Å²) < 4.78 is 0. The van der Waals surface area contributed by atoms with Gasteiger partial charge in [-0.3, -0.25) is 4.90 Å². The molecule has 0 saturated carbocycles. The van der Waals surface area contributed by atoms with Gasteiger partial charge in [0.05, 0.1) is 12.6 Å². The highest BCUT2D eigenvalue weighted by molar-refractivity contribution is 5.32. The second kappa shape index (κ2) is 6.39. The zero-order valence-electron chi connectivity index (χ0n) is 12.1.